The third-order valence-corrected chi connectivity index (χ3v) is 15.0. The summed E-state index contributed by atoms with van der Waals surface area (Å²) in [6.45, 7) is 11.4. The molecule has 4 aromatic heterocycles. The van der Waals surface area contributed by atoms with Crippen LogP contribution in [0.25, 0.3) is 44.1 Å². The third-order valence-electron chi connectivity index (χ3n) is 14.0. The van der Waals surface area contributed by atoms with Crippen LogP contribution >= 0.6 is 46.4 Å². The number of halogens is 4. The molecule has 2 unspecified atom stereocenters. The second kappa shape index (κ2) is 22.8. The lowest BCUT2D eigenvalue weighted by atomic mass is 9.78. The second-order valence-corrected chi connectivity index (χ2v) is 23.4. The number of benzene rings is 6. The van der Waals surface area contributed by atoms with Crippen molar-refractivity contribution in [2.24, 2.45) is 24.9 Å². The monoisotopic (exact) mass is 1140 g/mol. The first-order valence-corrected chi connectivity index (χ1v) is 27.2. The van der Waals surface area contributed by atoms with E-state index in [9.17, 15) is 9.59 Å². The minimum atomic E-state index is -1.10. The van der Waals surface area contributed by atoms with Gasteiger partial charge in [0.05, 0.1) is 61.7 Å². The zero-order valence-corrected chi connectivity index (χ0v) is 49.0. The van der Waals surface area contributed by atoms with E-state index >= 15 is 0 Å². The molecule has 0 radical (unpaired) electrons. The number of hydrogen-bond donors (Lipinski definition) is 2. The Bertz CT molecular complexity index is 3670. The van der Waals surface area contributed by atoms with Gasteiger partial charge in [0.2, 0.25) is 23.6 Å². The Labute approximate surface area is 486 Å². The van der Waals surface area contributed by atoms with Gasteiger partial charge in [0.1, 0.15) is 11.1 Å². The summed E-state index contributed by atoms with van der Waals surface area (Å²) in [6, 6.07) is 46.2. The van der Waals surface area contributed by atoms with Crippen LogP contribution < -0.4 is 20.1 Å². The molecule has 2 amide bonds. The Kier molecular flexibility index (Phi) is 16.2. The molecule has 2 N–H and O–H groups in total. The molecule has 0 spiro atoms. The molecular formula is C64H60Cl4N8O4. The first-order valence-electron chi connectivity index (χ1n) is 25.7. The van der Waals surface area contributed by atoms with E-state index in [2.05, 4.69) is 32.7 Å². The van der Waals surface area contributed by atoms with Crippen molar-refractivity contribution in [1.29, 1.82) is 0 Å². The van der Waals surface area contributed by atoms with Crippen LogP contribution in [0.3, 0.4) is 0 Å². The van der Waals surface area contributed by atoms with Crippen molar-refractivity contribution in [3.05, 3.63) is 224 Å². The average molecular weight is 1150 g/mol. The van der Waals surface area contributed by atoms with Crippen molar-refractivity contribution in [3.8, 4) is 34.0 Å². The number of amides is 2. The van der Waals surface area contributed by atoms with Crippen LogP contribution in [0, 0.1) is 10.8 Å². The molecule has 0 aliphatic rings. The van der Waals surface area contributed by atoms with Crippen molar-refractivity contribution in [2.45, 2.75) is 52.6 Å². The first kappa shape index (κ1) is 57.0. The van der Waals surface area contributed by atoms with Crippen LogP contribution in [0.1, 0.15) is 75.2 Å². The van der Waals surface area contributed by atoms with Crippen molar-refractivity contribution < 1.29 is 19.1 Å². The van der Waals surface area contributed by atoms with E-state index in [0.717, 1.165) is 77.7 Å². The number of pyridine rings is 2. The zero-order chi connectivity index (χ0) is 57.3. The maximum atomic E-state index is 13.8. The number of aryl methyl sites for hydroxylation is 2. The molecule has 0 aliphatic carbocycles. The van der Waals surface area contributed by atoms with E-state index in [1.807, 2.05) is 198 Å². The highest BCUT2D eigenvalue weighted by Crippen LogP contribution is 2.44. The predicted octanol–water partition coefficient (Wildman–Crippen LogP) is 14.8. The highest BCUT2D eigenvalue weighted by atomic mass is 35.5. The quantitative estimate of drug-likeness (QED) is 0.123. The van der Waals surface area contributed by atoms with Gasteiger partial charge in [0.15, 0.2) is 0 Å². The Morgan fingerprint density at radius 2 is 0.825 bits per heavy atom. The van der Waals surface area contributed by atoms with Crippen LogP contribution in [0.5, 0.6) is 11.8 Å². The summed E-state index contributed by atoms with van der Waals surface area (Å²) < 4.78 is 14.9. The third kappa shape index (κ3) is 11.4. The molecular weight excluding hydrogens is 1090 g/mol. The number of carbonyl (C=O) groups excluding carboxylic acids is 2. The minimum Gasteiger partial charge on any atom is -0.481 e. The molecule has 0 fully saturated rings. The van der Waals surface area contributed by atoms with Gasteiger partial charge in [0.25, 0.3) is 0 Å². The Hall–Kier alpha value is -7.74. The van der Waals surface area contributed by atoms with Gasteiger partial charge in [-0.3, -0.25) is 9.59 Å². The van der Waals surface area contributed by atoms with Crippen molar-refractivity contribution in [1.82, 2.24) is 39.7 Å². The van der Waals surface area contributed by atoms with E-state index < -0.39 is 21.9 Å². The molecule has 0 saturated carbocycles. The Morgan fingerprint density at radius 1 is 0.463 bits per heavy atom. The fourth-order valence-electron chi connectivity index (χ4n) is 9.76. The van der Waals surface area contributed by atoms with Crippen LogP contribution in [0.15, 0.2) is 171 Å². The number of methoxy groups -OCH3 is 2. The van der Waals surface area contributed by atoms with Gasteiger partial charge in [-0.2, -0.15) is 0 Å². The minimum absolute atomic E-state index is 0.119. The first-order chi connectivity index (χ1) is 38.0. The van der Waals surface area contributed by atoms with E-state index in [1.54, 1.807) is 39.3 Å². The lowest BCUT2D eigenvalue weighted by molar-refractivity contribution is -0.130. The largest absolute Gasteiger partial charge is 0.481 e. The Balaban J connectivity index is 0.000000194. The van der Waals surface area contributed by atoms with E-state index in [-0.39, 0.29) is 11.8 Å². The highest BCUT2D eigenvalue weighted by Gasteiger charge is 2.44. The normalized spacial score (nSPS) is 13.2. The molecule has 0 saturated heterocycles. The van der Waals surface area contributed by atoms with Crippen molar-refractivity contribution >= 4 is 80.0 Å². The van der Waals surface area contributed by atoms with Gasteiger partial charge in [0, 0.05) is 67.9 Å². The standard InChI is InChI=1S/2C32H30Cl2N4O2/c2*1-31(2,3)30(39)37-32(28-18-35-19-38(28)4,21-9-12-23(33)13-10-21)22-11-14-27-26(16-22)25(17-29(36-27)40-5)20-7-6-8-24(34)15-20/h2*6-19H,1-5H3,(H,37,39). The molecule has 12 nitrogen and oxygen atoms in total. The molecule has 4 heterocycles. The molecule has 6 aromatic carbocycles. The summed E-state index contributed by atoms with van der Waals surface area (Å²) in [5, 5.41) is 11.0. The van der Waals surface area contributed by atoms with Gasteiger partial charge in [-0.25, -0.2) is 19.9 Å². The van der Waals surface area contributed by atoms with Crippen molar-refractivity contribution in [2.75, 3.05) is 14.2 Å². The van der Waals surface area contributed by atoms with Crippen LogP contribution in [-0.2, 0) is 34.8 Å². The van der Waals surface area contributed by atoms with Crippen LogP contribution in [0.4, 0.5) is 0 Å². The van der Waals surface area contributed by atoms with Gasteiger partial charge in [-0.15, -0.1) is 0 Å². The number of aromatic nitrogens is 6. The lowest BCUT2D eigenvalue weighted by Crippen LogP contribution is -2.52. The number of nitrogens with one attached hydrogen (secondary N) is 2. The maximum Gasteiger partial charge on any atom is 0.226 e. The summed E-state index contributed by atoms with van der Waals surface area (Å²) in [7, 11) is 7.03. The molecule has 0 aliphatic heterocycles. The molecule has 10 aromatic rings. The Morgan fingerprint density at radius 3 is 1.14 bits per heavy atom. The molecule has 16 heteroatoms. The number of ether oxygens (including phenoxy) is 2. The van der Waals surface area contributed by atoms with E-state index in [4.69, 9.17) is 65.8 Å². The number of fused-ring (bicyclic) bond motifs is 2. The molecule has 80 heavy (non-hydrogen) atoms. The van der Waals surface area contributed by atoms with Gasteiger partial charge in [-0.1, -0.05) is 149 Å². The topological polar surface area (TPSA) is 138 Å². The van der Waals surface area contributed by atoms with E-state index in [1.165, 1.54) is 0 Å². The van der Waals surface area contributed by atoms with Gasteiger partial charge in [-0.05, 0) is 117 Å². The smallest absolute Gasteiger partial charge is 0.226 e. The molecule has 10 rings (SSSR count). The van der Waals surface area contributed by atoms with Crippen molar-refractivity contribution in [3.63, 3.8) is 0 Å². The lowest BCUT2D eigenvalue weighted by Gasteiger charge is -2.38. The SMILES string of the molecule is COc1cc(-c2cccc(Cl)c2)c2cc(C(NC(=O)C(C)(C)C)(c3ccc(Cl)cc3)c3cncn3C)ccc2n1.COc1cc(-c2cccc(Cl)c2)c2cc(C(NC(=O)C(C)(C)C)(c3ccc(Cl)cc3)c3cncn3C)ccc2n1. The summed E-state index contributed by atoms with van der Waals surface area (Å²) in [4.78, 5) is 45.8. The summed E-state index contributed by atoms with van der Waals surface area (Å²) in [6.07, 6.45) is 7.03. The number of rotatable bonds is 12. The fourth-order valence-corrected chi connectivity index (χ4v) is 10.4. The number of hydrogen-bond acceptors (Lipinski definition) is 8. The second-order valence-electron chi connectivity index (χ2n) is 21.6. The average Bonchev–Trinajstić information content (AvgIpc) is 4.15. The molecule has 408 valence electrons. The van der Waals surface area contributed by atoms with E-state index in [0.29, 0.717) is 31.9 Å². The van der Waals surface area contributed by atoms with Crippen LogP contribution in [-0.4, -0.2) is 55.1 Å². The maximum absolute atomic E-state index is 13.8. The number of nitrogens with zero attached hydrogens (tertiary/aromatic N) is 6. The zero-order valence-electron chi connectivity index (χ0n) is 46.0. The highest BCUT2D eigenvalue weighted by molar-refractivity contribution is 6.31. The number of imidazole rings is 2. The van der Waals surface area contributed by atoms with Crippen LogP contribution in [0.2, 0.25) is 20.1 Å². The van der Waals surface area contributed by atoms with Gasteiger partial charge >= 0.3 is 0 Å². The molecule has 0 bridgehead atoms. The molecule has 2 atom stereocenters. The number of carbonyl (C=O) groups is 2. The predicted molar refractivity (Wildman–Crippen MR) is 322 cm³/mol. The summed E-state index contributed by atoms with van der Waals surface area (Å²) in [5.74, 6) is 0.747. The fraction of sp³-hybridized carbons (Fsp3) is 0.219. The van der Waals surface area contributed by atoms with Gasteiger partial charge < -0.3 is 29.2 Å². The summed E-state index contributed by atoms with van der Waals surface area (Å²) in [5.41, 5.74) is 6.55. The summed E-state index contributed by atoms with van der Waals surface area (Å²) >= 11 is 25.4.